The van der Waals surface area contributed by atoms with E-state index in [1.54, 1.807) is 25.3 Å². The predicted molar refractivity (Wildman–Crippen MR) is 83.3 cm³/mol. The number of hydrogen-bond donors (Lipinski definition) is 2. The van der Waals surface area contributed by atoms with E-state index in [0.29, 0.717) is 5.92 Å². The van der Waals surface area contributed by atoms with Gasteiger partial charge in [0.15, 0.2) is 0 Å². The van der Waals surface area contributed by atoms with Crippen molar-refractivity contribution in [3.05, 3.63) is 16.1 Å². The van der Waals surface area contributed by atoms with Crippen LogP contribution in [0, 0.1) is 0 Å². The molecule has 1 heterocycles. The highest BCUT2D eigenvalue weighted by Crippen LogP contribution is 2.33. The Morgan fingerprint density at radius 3 is 2.76 bits per heavy atom. The highest BCUT2D eigenvalue weighted by atomic mass is 32.1. The zero-order chi connectivity index (χ0) is 15.2. The van der Waals surface area contributed by atoms with Crippen LogP contribution in [0.5, 0.6) is 0 Å². The summed E-state index contributed by atoms with van der Waals surface area (Å²) in [6, 6.07) is -0.514. The van der Waals surface area contributed by atoms with E-state index in [0.717, 1.165) is 10.7 Å². The van der Waals surface area contributed by atoms with Gasteiger partial charge in [-0.25, -0.2) is 4.98 Å². The van der Waals surface area contributed by atoms with Gasteiger partial charge in [0.1, 0.15) is 11.0 Å². The van der Waals surface area contributed by atoms with Crippen LogP contribution in [0.2, 0.25) is 0 Å². The van der Waals surface area contributed by atoms with Crippen molar-refractivity contribution < 1.29 is 9.59 Å². The zero-order valence-electron chi connectivity index (χ0n) is 12.6. The van der Waals surface area contributed by atoms with Crippen LogP contribution >= 0.6 is 11.3 Å². The van der Waals surface area contributed by atoms with Gasteiger partial charge >= 0.3 is 0 Å². The molecule has 1 saturated carbocycles. The third-order valence-electron chi connectivity index (χ3n) is 3.92. The lowest BCUT2D eigenvalue weighted by Crippen LogP contribution is -2.44. The SMILES string of the molecule is CNC(=O)[C@H](C)NC(=O)Cc1nc(C2CCCCC2)cs1. The first-order valence-corrected chi connectivity index (χ1v) is 8.43. The van der Waals surface area contributed by atoms with E-state index in [9.17, 15) is 9.59 Å². The molecule has 1 aliphatic rings. The van der Waals surface area contributed by atoms with Gasteiger partial charge in [-0.05, 0) is 19.8 Å². The quantitative estimate of drug-likeness (QED) is 0.873. The maximum absolute atomic E-state index is 11.9. The number of carbonyl (C=O) groups is 2. The van der Waals surface area contributed by atoms with Gasteiger partial charge in [0, 0.05) is 18.3 Å². The number of likely N-dealkylation sites (N-methyl/N-ethyl adjacent to an activating group) is 1. The summed E-state index contributed by atoms with van der Waals surface area (Å²) in [6.45, 7) is 1.67. The van der Waals surface area contributed by atoms with E-state index in [-0.39, 0.29) is 18.2 Å². The molecule has 2 N–H and O–H groups in total. The first-order valence-electron chi connectivity index (χ1n) is 7.55. The van der Waals surface area contributed by atoms with Crippen LogP contribution in [-0.2, 0) is 16.0 Å². The molecule has 0 aliphatic heterocycles. The van der Waals surface area contributed by atoms with Crippen molar-refractivity contribution >= 4 is 23.2 Å². The fourth-order valence-electron chi connectivity index (χ4n) is 2.70. The maximum atomic E-state index is 11.9. The fraction of sp³-hybridized carbons (Fsp3) is 0.667. The number of amides is 2. The van der Waals surface area contributed by atoms with Crippen molar-refractivity contribution in [2.75, 3.05) is 7.05 Å². The molecule has 2 rings (SSSR count). The minimum absolute atomic E-state index is 0.157. The van der Waals surface area contributed by atoms with Crippen molar-refractivity contribution in [3.63, 3.8) is 0 Å². The average molecular weight is 309 g/mol. The van der Waals surface area contributed by atoms with E-state index in [1.807, 2.05) is 0 Å². The first-order chi connectivity index (χ1) is 10.1. The number of aromatic nitrogens is 1. The van der Waals surface area contributed by atoms with Crippen molar-refractivity contribution in [1.82, 2.24) is 15.6 Å². The number of thiazole rings is 1. The molecule has 0 radical (unpaired) electrons. The van der Waals surface area contributed by atoms with Crippen molar-refractivity contribution in [3.8, 4) is 0 Å². The topological polar surface area (TPSA) is 71.1 Å². The summed E-state index contributed by atoms with van der Waals surface area (Å²) in [7, 11) is 1.56. The summed E-state index contributed by atoms with van der Waals surface area (Å²) in [6.07, 6.45) is 6.56. The monoisotopic (exact) mass is 309 g/mol. The Hall–Kier alpha value is -1.43. The molecule has 1 atom stereocenters. The molecule has 0 saturated heterocycles. The highest BCUT2D eigenvalue weighted by Gasteiger charge is 2.20. The molecule has 0 bridgehead atoms. The van der Waals surface area contributed by atoms with Gasteiger partial charge in [-0.3, -0.25) is 9.59 Å². The molecular weight excluding hydrogens is 286 g/mol. The molecule has 21 heavy (non-hydrogen) atoms. The van der Waals surface area contributed by atoms with Crippen LogP contribution < -0.4 is 10.6 Å². The van der Waals surface area contributed by atoms with E-state index < -0.39 is 6.04 Å². The Morgan fingerprint density at radius 2 is 2.10 bits per heavy atom. The van der Waals surface area contributed by atoms with Crippen LogP contribution in [0.4, 0.5) is 0 Å². The smallest absolute Gasteiger partial charge is 0.242 e. The number of hydrogen-bond acceptors (Lipinski definition) is 4. The molecule has 1 aliphatic carbocycles. The van der Waals surface area contributed by atoms with Crippen molar-refractivity contribution in [2.45, 2.75) is 57.4 Å². The minimum Gasteiger partial charge on any atom is -0.357 e. The predicted octanol–water partition coefficient (Wildman–Crippen LogP) is 1.98. The summed E-state index contributed by atoms with van der Waals surface area (Å²) in [5, 5.41) is 8.11. The molecule has 0 aromatic carbocycles. The normalized spacial score (nSPS) is 17.2. The van der Waals surface area contributed by atoms with E-state index >= 15 is 0 Å². The summed E-state index contributed by atoms with van der Waals surface area (Å²) in [5.74, 6) is 0.220. The second-order valence-electron chi connectivity index (χ2n) is 5.58. The van der Waals surface area contributed by atoms with Gasteiger partial charge in [-0.15, -0.1) is 11.3 Å². The molecule has 0 spiro atoms. The Bertz CT molecular complexity index is 495. The van der Waals surface area contributed by atoms with Gasteiger partial charge < -0.3 is 10.6 Å². The van der Waals surface area contributed by atoms with Crippen LogP contribution in [-0.4, -0.2) is 29.9 Å². The van der Waals surface area contributed by atoms with E-state index in [4.69, 9.17) is 0 Å². The largest absolute Gasteiger partial charge is 0.357 e. The standard InChI is InChI=1S/C15H23N3O2S/c1-10(15(20)16-2)17-13(19)8-14-18-12(9-21-14)11-6-4-3-5-7-11/h9-11H,3-8H2,1-2H3,(H,16,20)(H,17,19)/t10-/m0/s1. The lowest BCUT2D eigenvalue weighted by atomic mass is 9.87. The first kappa shape index (κ1) is 15.9. The number of rotatable bonds is 5. The summed E-state index contributed by atoms with van der Waals surface area (Å²) in [4.78, 5) is 27.9. The van der Waals surface area contributed by atoms with Crippen LogP contribution in [0.3, 0.4) is 0 Å². The molecule has 1 aromatic rings. The second kappa shape index (κ2) is 7.54. The van der Waals surface area contributed by atoms with E-state index in [2.05, 4.69) is 21.0 Å². The Balaban J connectivity index is 1.87. The summed E-state index contributed by atoms with van der Waals surface area (Å²) < 4.78 is 0. The lowest BCUT2D eigenvalue weighted by molar-refractivity contribution is -0.128. The number of nitrogens with one attached hydrogen (secondary N) is 2. The van der Waals surface area contributed by atoms with Crippen LogP contribution in [0.15, 0.2) is 5.38 Å². The highest BCUT2D eigenvalue weighted by molar-refractivity contribution is 7.09. The molecule has 1 aromatic heterocycles. The molecule has 6 heteroatoms. The van der Waals surface area contributed by atoms with Gasteiger partial charge in [0.05, 0.1) is 12.1 Å². The molecule has 0 unspecified atom stereocenters. The Labute approximate surface area is 129 Å². The number of nitrogens with zero attached hydrogens (tertiary/aromatic N) is 1. The fourth-order valence-corrected chi connectivity index (χ4v) is 3.58. The van der Waals surface area contributed by atoms with Crippen LogP contribution in [0.1, 0.15) is 55.6 Å². The molecular formula is C15H23N3O2S. The maximum Gasteiger partial charge on any atom is 0.242 e. The third-order valence-corrected chi connectivity index (χ3v) is 4.79. The third kappa shape index (κ3) is 4.52. The zero-order valence-corrected chi connectivity index (χ0v) is 13.5. The molecule has 116 valence electrons. The molecule has 2 amide bonds. The van der Waals surface area contributed by atoms with Gasteiger partial charge in [-0.2, -0.15) is 0 Å². The van der Waals surface area contributed by atoms with Crippen molar-refractivity contribution in [1.29, 1.82) is 0 Å². The minimum atomic E-state index is -0.514. The van der Waals surface area contributed by atoms with Crippen molar-refractivity contribution in [2.24, 2.45) is 0 Å². The van der Waals surface area contributed by atoms with Crippen LogP contribution in [0.25, 0.3) is 0 Å². The number of carbonyl (C=O) groups excluding carboxylic acids is 2. The average Bonchev–Trinajstić information content (AvgIpc) is 2.95. The Kier molecular flexibility index (Phi) is 5.73. The summed E-state index contributed by atoms with van der Waals surface area (Å²) in [5.41, 5.74) is 1.14. The lowest BCUT2D eigenvalue weighted by Gasteiger charge is -2.19. The summed E-state index contributed by atoms with van der Waals surface area (Å²) >= 11 is 1.54. The van der Waals surface area contributed by atoms with E-state index in [1.165, 1.54) is 32.1 Å². The van der Waals surface area contributed by atoms with Gasteiger partial charge in [-0.1, -0.05) is 19.3 Å². The molecule has 5 nitrogen and oxygen atoms in total. The molecule has 1 fully saturated rings. The second-order valence-corrected chi connectivity index (χ2v) is 6.52. The Morgan fingerprint density at radius 1 is 1.38 bits per heavy atom. The van der Waals surface area contributed by atoms with Gasteiger partial charge in [0.2, 0.25) is 11.8 Å². The van der Waals surface area contributed by atoms with Gasteiger partial charge in [0.25, 0.3) is 0 Å².